The molecule has 1 aliphatic heterocycles. The van der Waals surface area contributed by atoms with Crippen molar-refractivity contribution in [1.29, 1.82) is 0 Å². The molecule has 0 bridgehead atoms. The Bertz CT molecular complexity index is 1120. The molecule has 34 heavy (non-hydrogen) atoms. The van der Waals surface area contributed by atoms with Gasteiger partial charge in [0.05, 0.1) is 12.2 Å². The summed E-state index contributed by atoms with van der Waals surface area (Å²) in [6.45, 7) is 4.18. The van der Waals surface area contributed by atoms with Gasteiger partial charge in [-0.05, 0) is 25.5 Å². The summed E-state index contributed by atoms with van der Waals surface area (Å²) in [4.78, 5) is 38.5. The number of amides is 3. The lowest BCUT2D eigenvalue weighted by atomic mass is 10.0. The van der Waals surface area contributed by atoms with E-state index in [4.69, 9.17) is 5.73 Å². The van der Waals surface area contributed by atoms with Crippen LogP contribution in [0.1, 0.15) is 31.5 Å². The summed E-state index contributed by atoms with van der Waals surface area (Å²) in [5.41, 5.74) is 6.04. The van der Waals surface area contributed by atoms with Gasteiger partial charge in [0.15, 0.2) is 11.6 Å². The Hall–Kier alpha value is -3.41. The topological polar surface area (TPSA) is 122 Å². The van der Waals surface area contributed by atoms with Crippen LogP contribution < -0.4 is 16.4 Å². The van der Waals surface area contributed by atoms with Gasteiger partial charge < -0.3 is 21.3 Å². The maximum Gasteiger partial charge on any atom is 0.342 e. The van der Waals surface area contributed by atoms with E-state index in [9.17, 15) is 27.6 Å². The number of primary amides is 1. The fraction of sp³-hybridized carbons (Fsp3) is 0.455. The van der Waals surface area contributed by atoms with Gasteiger partial charge in [0.2, 0.25) is 11.8 Å². The lowest BCUT2D eigenvalue weighted by Gasteiger charge is -2.23. The number of nitrogens with zero attached hydrogens (tertiary/aromatic N) is 3. The second-order valence-corrected chi connectivity index (χ2v) is 8.73. The molecule has 0 spiro atoms. The van der Waals surface area contributed by atoms with Crippen molar-refractivity contribution in [3.8, 4) is 11.3 Å². The molecule has 0 saturated heterocycles. The molecule has 12 heteroatoms. The monoisotopic (exact) mass is 480 g/mol. The van der Waals surface area contributed by atoms with Crippen LogP contribution >= 0.6 is 0 Å². The molecule has 0 fully saturated rings. The molecule has 0 saturated carbocycles. The molecule has 9 nitrogen and oxygen atoms in total. The molecule has 3 rings (SSSR count). The second kappa shape index (κ2) is 10.2. The van der Waals surface area contributed by atoms with Crippen LogP contribution in [0.25, 0.3) is 11.3 Å². The third-order valence-corrected chi connectivity index (χ3v) is 5.49. The molecule has 2 aromatic rings. The van der Waals surface area contributed by atoms with E-state index in [1.54, 1.807) is 0 Å². The summed E-state index contributed by atoms with van der Waals surface area (Å²) >= 11 is 0. The molecular weight excluding hydrogens is 453 g/mol. The van der Waals surface area contributed by atoms with Crippen molar-refractivity contribution in [1.82, 2.24) is 25.3 Å². The first kappa shape index (κ1) is 25.2. The predicted molar refractivity (Wildman–Crippen MR) is 117 cm³/mol. The van der Waals surface area contributed by atoms with Gasteiger partial charge in [-0.15, -0.1) is 0 Å². The molecule has 1 aliphatic rings. The number of rotatable bonds is 7. The number of hydrogen-bond acceptors (Lipinski definition) is 5. The van der Waals surface area contributed by atoms with Crippen molar-refractivity contribution < 1.29 is 27.6 Å². The Kier molecular flexibility index (Phi) is 7.60. The average Bonchev–Trinajstić information content (AvgIpc) is 3.12. The number of nitrogens with one attached hydrogen (secondary N) is 2. The number of likely N-dealkylation sites (N-methyl/N-ethyl adjacent to an activating group) is 1. The summed E-state index contributed by atoms with van der Waals surface area (Å²) in [7, 11) is 1.82. The SMILES string of the molecule is CC(C)CC(NC(=O)CNC(=O)n1nc(-c2cc(F)c(F)cc2F)c2c1CCN(C)C2)C(N)=O. The maximum atomic E-state index is 14.5. The normalized spacial score (nSPS) is 14.6. The summed E-state index contributed by atoms with van der Waals surface area (Å²) in [6.07, 6.45) is 0.736. The van der Waals surface area contributed by atoms with E-state index < -0.39 is 47.9 Å². The van der Waals surface area contributed by atoms with E-state index in [0.717, 1.165) is 4.68 Å². The number of fused-ring (bicyclic) bond motifs is 1. The highest BCUT2D eigenvalue weighted by Gasteiger charge is 2.29. The molecular formula is C22H27F3N6O3. The maximum absolute atomic E-state index is 14.5. The van der Waals surface area contributed by atoms with Gasteiger partial charge in [0, 0.05) is 36.7 Å². The van der Waals surface area contributed by atoms with Gasteiger partial charge in [-0.1, -0.05) is 13.8 Å². The van der Waals surface area contributed by atoms with E-state index >= 15 is 0 Å². The fourth-order valence-electron chi connectivity index (χ4n) is 3.84. The van der Waals surface area contributed by atoms with Gasteiger partial charge in [-0.3, -0.25) is 9.59 Å². The second-order valence-electron chi connectivity index (χ2n) is 8.73. The summed E-state index contributed by atoms with van der Waals surface area (Å²) in [5, 5.41) is 9.07. The Morgan fingerprint density at radius 2 is 1.82 bits per heavy atom. The molecule has 184 valence electrons. The Morgan fingerprint density at radius 3 is 2.47 bits per heavy atom. The van der Waals surface area contributed by atoms with Crippen molar-refractivity contribution in [2.75, 3.05) is 20.1 Å². The Balaban J connectivity index is 1.83. The number of aromatic nitrogens is 2. The highest BCUT2D eigenvalue weighted by atomic mass is 19.2. The van der Waals surface area contributed by atoms with Gasteiger partial charge in [-0.2, -0.15) is 9.78 Å². The summed E-state index contributed by atoms with van der Waals surface area (Å²) < 4.78 is 42.7. The van der Waals surface area contributed by atoms with E-state index in [-0.39, 0.29) is 17.2 Å². The van der Waals surface area contributed by atoms with Crippen molar-refractivity contribution in [3.05, 3.63) is 40.8 Å². The molecule has 0 radical (unpaired) electrons. The van der Waals surface area contributed by atoms with E-state index in [1.165, 1.54) is 0 Å². The molecule has 4 N–H and O–H groups in total. The van der Waals surface area contributed by atoms with Crippen LogP contribution in [0.3, 0.4) is 0 Å². The van der Waals surface area contributed by atoms with Gasteiger partial charge in [0.1, 0.15) is 17.6 Å². The number of carbonyl (C=O) groups is 3. The van der Waals surface area contributed by atoms with Crippen LogP contribution in [0.2, 0.25) is 0 Å². The fourth-order valence-corrected chi connectivity index (χ4v) is 3.84. The number of carbonyl (C=O) groups excluding carboxylic acids is 3. The first-order valence-electron chi connectivity index (χ1n) is 10.8. The van der Waals surface area contributed by atoms with Gasteiger partial charge in [-0.25, -0.2) is 18.0 Å². The zero-order valence-corrected chi connectivity index (χ0v) is 19.1. The van der Waals surface area contributed by atoms with Crippen molar-refractivity contribution >= 4 is 17.8 Å². The minimum Gasteiger partial charge on any atom is -0.368 e. The lowest BCUT2D eigenvalue weighted by Crippen LogP contribution is -2.49. The van der Waals surface area contributed by atoms with Crippen molar-refractivity contribution in [3.63, 3.8) is 0 Å². The summed E-state index contributed by atoms with van der Waals surface area (Å²) in [6, 6.07) is -0.500. The molecule has 1 unspecified atom stereocenters. The highest BCUT2D eigenvalue weighted by molar-refractivity contribution is 5.89. The molecule has 1 atom stereocenters. The predicted octanol–water partition coefficient (Wildman–Crippen LogP) is 1.53. The number of nitrogens with two attached hydrogens (primary N) is 1. The van der Waals surface area contributed by atoms with E-state index in [2.05, 4.69) is 15.7 Å². The highest BCUT2D eigenvalue weighted by Crippen LogP contribution is 2.32. The molecule has 1 aromatic heterocycles. The van der Waals surface area contributed by atoms with E-state index in [1.807, 2.05) is 25.8 Å². The number of hydrogen-bond donors (Lipinski definition) is 3. The molecule has 3 amide bonds. The quantitative estimate of drug-likeness (QED) is 0.519. The Morgan fingerprint density at radius 1 is 1.15 bits per heavy atom. The van der Waals surface area contributed by atoms with Crippen molar-refractivity contribution in [2.24, 2.45) is 11.7 Å². The van der Waals surface area contributed by atoms with Crippen molar-refractivity contribution in [2.45, 2.75) is 39.3 Å². The third kappa shape index (κ3) is 5.56. The van der Waals surface area contributed by atoms with Crippen LogP contribution in [0.4, 0.5) is 18.0 Å². The summed E-state index contributed by atoms with van der Waals surface area (Å²) in [5.74, 6) is -4.78. The van der Waals surface area contributed by atoms with Gasteiger partial charge in [0.25, 0.3) is 0 Å². The Labute approximate surface area is 194 Å². The largest absolute Gasteiger partial charge is 0.368 e. The average molecular weight is 480 g/mol. The standard InChI is InChI=1S/C22H27F3N6O3/c1-11(2)6-17(21(26)33)28-19(32)9-27-22(34)31-18-4-5-30(3)10-13(18)20(29-31)12-7-15(24)16(25)8-14(12)23/h7-8,11,17H,4-6,9-10H2,1-3H3,(H2,26,33)(H,27,34)(H,28,32). The van der Waals surface area contributed by atoms with Crippen LogP contribution in [-0.4, -0.2) is 58.7 Å². The van der Waals surface area contributed by atoms with Crippen LogP contribution in [0.15, 0.2) is 12.1 Å². The first-order valence-corrected chi connectivity index (χ1v) is 10.8. The van der Waals surface area contributed by atoms with Crippen LogP contribution in [0.5, 0.6) is 0 Å². The number of halogens is 3. The third-order valence-electron chi connectivity index (χ3n) is 5.49. The van der Waals surface area contributed by atoms with E-state index in [0.29, 0.717) is 49.3 Å². The zero-order valence-electron chi connectivity index (χ0n) is 19.1. The minimum atomic E-state index is -1.33. The van der Waals surface area contributed by atoms with Crippen LogP contribution in [0, 0.1) is 23.4 Å². The van der Waals surface area contributed by atoms with Gasteiger partial charge >= 0.3 is 6.03 Å². The molecule has 0 aliphatic carbocycles. The zero-order chi connectivity index (χ0) is 25.2. The first-order chi connectivity index (χ1) is 16.0. The molecule has 1 aromatic carbocycles. The number of benzene rings is 1. The smallest absolute Gasteiger partial charge is 0.342 e. The van der Waals surface area contributed by atoms with Crippen LogP contribution in [-0.2, 0) is 22.6 Å². The lowest BCUT2D eigenvalue weighted by molar-refractivity contribution is -0.127. The minimum absolute atomic E-state index is 0.0169. The molecule has 2 heterocycles.